The molecular formula is C22H43NO2. The maximum Gasteiger partial charge on any atom is 0.333 e. The lowest BCUT2D eigenvalue weighted by atomic mass is 10.0. The maximum atomic E-state index is 11.1. The molecule has 0 amide bonds. The van der Waals surface area contributed by atoms with Crippen molar-refractivity contribution in [3.63, 3.8) is 0 Å². The Labute approximate surface area is 156 Å². The fourth-order valence-corrected chi connectivity index (χ4v) is 3.36. The summed E-state index contributed by atoms with van der Waals surface area (Å²) in [4.78, 5) is 13.1. The predicted octanol–water partition coefficient (Wildman–Crippen LogP) is 6.78. The van der Waals surface area contributed by atoms with Gasteiger partial charge >= 0.3 is 5.97 Å². The molecule has 0 atom stereocenters. The molecule has 3 heteroatoms. The number of carboxylic acids is 1. The highest BCUT2D eigenvalue weighted by Crippen LogP contribution is 2.18. The van der Waals surface area contributed by atoms with Crippen LogP contribution in [0.3, 0.4) is 0 Å². The Morgan fingerprint density at radius 1 is 0.720 bits per heavy atom. The van der Waals surface area contributed by atoms with Crippen molar-refractivity contribution in [2.45, 2.75) is 110 Å². The summed E-state index contributed by atoms with van der Waals surface area (Å²) < 4.78 is 0. The van der Waals surface area contributed by atoms with Crippen LogP contribution in [0.1, 0.15) is 110 Å². The van der Waals surface area contributed by atoms with Crippen molar-refractivity contribution in [1.29, 1.82) is 0 Å². The maximum absolute atomic E-state index is 11.1. The molecule has 0 saturated heterocycles. The molecule has 0 bridgehead atoms. The topological polar surface area (TPSA) is 40.5 Å². The number of hydrogen-bond acceptors (Lipinski definition) is 2. The first-order valence-electron chi connectivity index (χ1n) is 10.6. The second-order valence-electron chi connectivity index (χ2n) is 7.62. The summed E-state index contributed by atoms with van der Waals surface area (Å²) >= 11 is 0. The number of nitrogens with zero attached hydrogens (tertiary/aromatic N) is 1. The Kier molecular flexibility index (Phi) is 15.8. The molecule has 3 nitrogen and oxygen atoms in total. The zero-order valence-corrected chi connectivity index (χ0v) is 17.4. The molecule has 0 heterocycles. The Morgan fingerprint density at radius 3 is 1.40 bits per heavy atom. The molecule has 0 aliphatic carbocycles. The Bertz CT molecular complexity index is 361. The van der Waals surface area contributed by atoms with Gasteiger partial charge in [-0.25, -0.2) is 4.79 Å². The summed E-state index contributed by atoms with van der Waals surface area (Å²) in [6.45, 7) is 3.98. The van der Waals surface area contributed by atoms with Gasteiger partial charge in [0, 0.05) is 19.8 Å². The quantitative estimate of drug-likeness (QED) is 0.231. The lowest BCUT2D eigenvalue weighted by Gasteiger charge is -2.19. The van der Waals surface area contributed by atoms with Gasteiger partial charge in [0.1, 0.15) is 0 Å². The Balaban J connectivity index is 3.49. The Morgan fingerprint density at radius 2 is 1.08 bits per heavy atom. The minimum atomic E-state index is -0.797. The SMILES string of the molecule is CCCCCCCCCCCCCCCCC(=C(C)C(=O)O)N(C)C. The van der Waals surface area contributed by atoms with E-state index in [1.165, 1.54) is 83.5 Å². The van der Waals surface area contributed by atoms with E-state index in [-0.39, 0.29) is 0 Å². The summed E-state index contributed by atoms with van der Waals surface area (Å²) in [6.07, 6.45) is 19.8. The van der Waals surface area contributed by atoms with Gasteiger partial charge in [0.2, 0.25) is 0 Å². The van der Waals surface area contributed by atoms with Gasteiger partial charge in [0.25, 0.3) is 0 Å². The highest BCUT2D eigenvalue weighted by Gasteiger charge is 2.10. The fourth-order valence-electron chi connectivity index (χ4n) is 3.36. The van der Waals surface area contributed by atoms with Crippen molar-refractivity contribution in [2.75, 3.05) is 14.1 Å². The van der Waals surface area contributed by atoms with Crippen LogP contribution in [0, 0.1) is 0 Å². The summed E-state index contributed by atoms with van der Waals surface area (Å²) in [6, 6.07) is 0. The lowest BCUT2D eigenvalue weighted by molar-refractivity contribution is -0.132. The van der Waals surface area contributed by atoms with E-state index in [9.17, 15) is 4.79 Å². The zero-order valence-electron chi connectivity index (χ0n) is 17.4. The minimum Gasteiger partial charge on any atom is -0.478 e. The smallest absolute Gasteiger partial charge is 0.333 e. The number of aliphatic carboxylic acids is 1. The van der Waals surface area contributed by atoms with E-state index in [1.54, 1.807) is 6.92 Å². The molecule has 148 valence electrons. The molecule has 0 radical (unpaired) electrons. The van der Waals surface area contributed by atoms with E-state index in [4.69, 9.17) is 5.11 Å². The van der Waals surface area contributed by atoms with Crippen LogP contribution in [0.5, 0.6) is 0 Å². The normalized spacial score (nSPS) is 12.2. The van der Waals surface area contributed by atoms with Crippen molar-refractivity contribution >= 4 is 5.97 Å². The van der Waals surface area contributed by atoms with Gasteiger partial charge in [-0.15, -0.1) is 0 Å². The number of carboxylic acid groups (broad SMARTS) is 1. The first-order chi connectivity index (χ1) is 12.0. The van der Waals surface area contributed by atoms with Crippen LogP contribution in [0.15, 0.2) is 11.3 Å². The van der Waals surface area contributed by atoms with E-state index in [1.807, 2.05) is 19.0 Å². The highest BCUT2D eigenvalue weighted by molar-refractivity contribution is 5.86. The molecule has 0 aliphatic heterocycles. The summed E-state index contributed by atoms with van der Waals surface area (Å²) in [5, 5.41) is 9.13. The van der Waals surface area contributed by atoms with Gasteiger partial charge in [-0.1, -0.05) is 90.4 Å². The van der Waals surface area contributed by atoms with Crippen LogP contribution in [0.4, 0.5) is 0 Å². The molecule has 0 spiro atoms. The molecular weight excluding hydrogens is 310 g/mol. The van der Waals surface area contributed by atoms with Crippen LogP contribution in [0.25, 0.3) is 0 Å². The lowest BCUT2D eigenvalue weighted by Crippen LogP contribution is -2.16. The number of unbranched alkanes of at least 4 members (excludes halogenated alkanes) is 13. The molecule has 1 N–H and O–H groups in total. The number of carbonyl (C=O) groups is 1. The molecule has 0 rings (SSSR count). The third-order valence-electron chi connectivity index (χ3n) is 5.06. The highest BCUT2D eigenvalue weighted by atomic mass is 16.4. The number of hydrogen-bond donors (Lipinski definition) is 1. The zero-order chi connectivity index (χ0) is 18.9. The van der Waals surface area contributed by atoms with Gasteiger partial charge < -0.3 is 10.0 Å². The van der Waals surface area contributed by atoms with Crippen molar-refractivity contribution in [2.24, 2.45) is 0 Å². The summed E-state index contributed by atoms with van der Waals surface area (Å²) in [5.74, 6) is -0.797. The van der Waals surface area contributed by atoms with Crippen LogP contribution in [-0.4, -0.2) is 30.1 Å². The number of rotatable bonds is 17. The molecule has 0 aromatic rings. The van der Waals surface area contributed by atoms with E-state index in [2.05, 4.69) is 6.92 Å². The average Bonchev–Trinajstić information content (AvgIpc) is 2.57. The molecule has 0 aliphatic rings. The summed E-state index contributed by atoms with van der Waals surface area (Å²) in [5.41, 5.74) is 1.45. The third-order valence-corrected chi connectivity index (χ3v) is 5.06. The van der Waals surface area contributed by atoms with Crippen molar-refractivity contribution < 1.29 is 9.90 Å². The van der Waals surface area contributed by atoms with Gasteiger partial charge in [0.15, 0.2) is 0 Å². The van der Waals surface area contributed by atoms with Crippen LogP contribution >= 0.6 is 0 Å². The van der Waals surface area contributed by atoms with E-state index >= 15 is 0 Å². The second-order valence-corrected chi connectivity index (χ2v) is 7.62. The molecule has 25 heavy (non-hydrogen) atoms. The Hall–Kier alpha value is -0.990. The molecule has 0 unspecified atom stereocenters. The molecule has 0 aromatic carbocycles. The largest absolute Gasteiger partial charge is 0.478 e. The monoisotopic (exact) mass is 353 g/mol. The first-order valence-corrected chi connectivity index (χ1v) is 10.6. The van der Waals surface area contributed by atoms with Crippen LogP contribution in [-0.2, 0) is 4.79 Å². The van der Waals surface area contributed by atoms with Gasteiger partial charge in [-0.3, -0.25) is 0 Å². The third kappa shape index (κ3) is 13.9. The average molecular weight is 354 g/mol. The van der Waals surface area contributed by atoms with Crippen molar-refractivity contribution in [3.8, 4) is 0 Å². The molecule has 0 aromatic heterocycles. The molecule has 0 fully saturated rings. The first kappa shape index (κ1) is 24.0. The minimum absolute atomic E-state index is 0.486. The number of allylic oxidation sites excluding steroid dienone is 1. The van der Waals surface area contributed by atoms with Gasteiger partial charge in [-0.05, 0) is 19.8 Å². The summed E-state index contributed by atoms with van der Waals surface area (Å²) in [7, 11) is 3.87. The van der Waals surface area contributed by atoms with Crippen LogP contribution < -0.4 is 0 Å². The van der Waals surface area contributed by atoms with E-state index < -0.39 is 5.97 Å². The molecule has 0 saturated carbocycles. The fraction of sp³-hybridized carbons (Fsp3) is 0.864. The van der Waals surface area contributed by atoms with Crippen molar-refractivity contribution in [1.82, 2.24) is 4.90 Å². The van der Waals surface area contributed by atoms with Crippen molar-refractivity contribution in [3.05, 3.63) is 11.3 Å². The van der Waals surface area contributed by atoms with Crippen LogP contribution in [0.2, 0.25) is 0 Å². The predicted molar refractivity (Wildman–Crippen MR) is 109 cm³/mol. The second kappa shape index (κ2) is 16.5. The van der Waals surface area contributed by atoms with Gasteiger partial charge in [-0.2, -0.15) is 0 Å². The van der Waals surface area contributed by atoms with Gasteiger partial charge in [0.05, 0.1) is 5.57 Å². The van der Waals surface area contributed by atoms with E-state index in [0.29, 0.717) is 5.57 Å². The van der Waals surface area contributed by atoms with E-state index in [0.717, 1.165) is 18.5 Å². The standard InChI is InChI=1S/C22H43NO2/c1-5-6-7-8-9-10-11-12-13-14-15-16-17-18-19-21(23(3)4)20(2)22(24)25/h5-19H2,1-4H3,(H,24,25).